The normalized spacial score (nSPS) is 14.2. The van der Waals surface area contributed by atoms with Crippen molar-refractivity contribution in [2.24, 2.45) is 0 Å². The summed E-state index contributed by atoms with van der Waals surface area (Å²) in [6.07, 6.45) is 1.70. The molecule has 2 unspecified atom stereocenters. The fourth-order valence-electron chi connectivity index (χ4n) is 1.98. The zero-order valence-electron chi connectivity index (χ0n) is 11.0. The molecule has 1 N–H and O–H groups in total. The van der Waals surface area contributed by atoms with Crippen LogP contribution in [0, 0.1) is 0 Å². The Hall–Kier alpha value is -1.74. The molecular formula is C15H19NO2. The summed E-state index contributed by atoms with van der Waals surface area (Å²) in [6, 6.07) is 12.4. The Morgan fingerprint density at radius 3 is 2.33 bits per heavy atom. The molecule has 18 heavy (non-hydrogen) atoms. The van der Waals surface area contributed by atoms with Gasteiger partial charge in [-0.25, -0.2) is 0 Å². The largest absolute Gasteiger partial charge is 0.497 e. The number of rotatable bonds is 5. The molecule has 2 atom stereocenters. The quantitative estimate of drug-likeness (QED) is 0.872. The molecule has 1 heterocycles. The van der Waals surface area contributed by atoms with Crippen molar-refractivity contribution in [2.45, 2.75) is 25.9 Å². The van der Waals surface area contributed by atoms with Gasteiger partial charge in [0, 0.05) is 6.04 Å². The van der Waals surface area contributed by atoms with Gasteiger partial charge in [0.1, 0.15) is 11.5 Å². The van der Waals surface area contributed by atoms with Crippen LogP contribution in [0.15, 0.2) is 47.1 Å². The molecule has 0 aliphatic rings. The van der Waals surface area contributed by atoms with Gasteiger partial charge in [0.2, 0.25) is 0 Å². The Morgan fingerprint density at radius 2 is 1.78 bits per heavy atom. The van der Waals surface area contributed by atoms with E-state index in [4.69, 9.17) is 9.15 Å². The van der Waals surface area contributed by atoms with Gasteiger partial charge in [0.15, 0.2) is 0 Å². The lowest BCUT2D eigenvalue weighted by atomic mass is 10.1. The second-order valence-electron chi connectivity index (χ2n) is 4.40. The van der Waals surface area contributed by atoms with Crippen LogP contribution in [-0.4, -0.2) is 7.11 Å². The molecule has 96 valence electrons. The van der Waals surface area contributed by atoms with Crippen LogP contribution in [0.1, 0.15) is 37.3 Å². The SMILES string of the molecule is COc1ccc(C(C)NC(C)c2ccco2)cc1. The predicted octanol–water partition coefficient (Wildman–Crippen LogP) is 3.70. The van der Waals surface area contributed by atoms with E-state index in [1.807, 2.05) is 24.3 Å². The van der Waals surface area contributed by atoms with Crippen molar-refractivity contribution in [3.8, 4) is 5.75 Å². The summed E-state index contributed by atoms with van der Waals surface area (Å²) in [5.74, 6) is 1.83. The lowest BCUT2D eigenvalue weighted by Crippen LogP contribution is -2.22. The topological polar surface area (TPSA) is 34.4 Å². The zero-order chi connectivity index (χ0) is 13.0. The Labute approximate surface area is 108 Å². The summed E-state index contributed by atoms with van der Waals surface area (Å²) in [6.45, 7) is 4.24. The summed E-state index contributed by atoms with van der Waals surface area (Å²) >= 11 is 0. The molecule has 1 aromatic carbocycles. The van der Waals surface area contributed by atoms with Gasteiger partial charge in [0.05, 0.1) is 19.4 Å². The molecule has 0 saturated heterocycles. The van der Waals surface area contributed by atoms with E-state index in [-0.39, 0.29) is 12.1 Å². The van der Waals surface area contributed by atoms with Gasteiger partial charge in [-0.2, -0.15) is 0 Å². The third-order valence-electron chi connectivity index (χ3n) is 3.09. The van der Waals surface area contributed by atoms with Crippen molar-refractivity contribution in [2.75, 3.05) is 7.11 Å². The van der Waals surface area contributed by atoms with E-state index in [9.17, 15) is 0 Å². The monoisotopic (exact) mass is 245 g/mol. The molecule has 2 rings (SSSR count). The maximum Gasteiger partial charge on any atom is 0.120 e. The van der Waals surface area contributed by atoms with E-state index in [2.05, 4.69) is 31.3 Å². The predicted molar refractivity (Wildman–Crippen MR) is 71.7 cm³/mol. The standard InChI is InChI=1S/C15H19NO2/c1-11(13-6-8-14(17-3)9-7-13)16-12(2)15-5-4-10-18-15/h4-12,16H,1-3H3. The molecule has 2 aromatic rings. The van der Waals surface area contributed by atoms with Gasteiger partial charge in [-0.1, -0.05) is 12.1 Å². The fraction of sp³-hybridized carbons (Fsp3) is 0.333. The Kier molecular flexibility index (Phi) is 4.05. The highest BCUT2D eigenvalue weighted by Crippen LogP contribution is 2.21. The number of ether oxygens (including phenoxy) is 1. The van der Waals surface area contributed by atoms with Crippen molar-refractivity contribution >= 4 is 0 Å². The third-order valence-corrected chi connectivity index (χ3v) is 3.09. The first-order chi connectivity index (χ1) is 8.70. The molecule has 0 aliphatic heterocycles. The summed E-state index contributed by atoms with van der Waals surface area (Å²) in [5.41, 5.74) is 1.23. The zero-order valence-corrected chi connectivity index (χ0v) is 11.0. The molecule has 0 radical (unpaired) electrons. The maximum atomic E-state index is 5.39. The number of hydrogen-bond donors (Lipinski definition) is 1. The number of methoxy groups -OCH3 is 1. The minimum Gasteiger partial charge on any atom is -0.497 e. The number of benzene rings is 1. The van der Waals surface area contributed by atoms with Crippen molar-refractivity contribution in [3.05, 3.63) is 54.0 Å². The lowest BCUT2D eigenvalue weighted by Gasteiger charge is -2.19. The second-order valence-corrected chi connectivity index (χ2v) is 4.40. The first kappa shape index (κ1) is 12.7. The Bertz CT molecular complexity index is 462. The van der Waals surface area contributed by atoms with Crippen molar-refractivity contribution < 1.29 is 9.15 Å². The van der Waals surface area contributed by atoms with Crippen LogP contribution in [-0.2, 0) is 0 Å². The minimum absolute atomic E-state index is 0.192. The molecule has 0 aliphatic carbocycles. The highest BCUT2D eigenvalue weighted by atomic mass is 16.5. The van der Waals surface area contributed by atoms with Crippen molar-refractivity contribution in [1.29, 1.82) is 0 Å². The van der Waals surface area contributed by atoms with Gasteiger partial charge < -0.3 is 14.5 Å². The van der Waals surface area contributed by atoms with Crippen LogP contribution in [0.3, 0.4) is 0 Å². The van der Waals surface area contributed by atoms with E-state index in [0.29, 0.717) is 0 Å². The van der Waals surface area contributed by atoms with E-state index >= 15 is 0 Å². The first-order valence-corrected chi connectivity index (χ1v) is 6.14. The highest BCUT2D eigenvalue weighted by Gasteiger charge is 2.12. The molecule has 0 fully saturated rings. The minimum atomic E-state index is 0.192. The summed E-state index contributed by atoms with van der Waals surface area (Å²) in [7, 11) is 1.68. The number of furan rings is 1. The molecule has 0 saturated carbocycles. The van der Waals surface area contributed by atoms with E-state index in [1.54, 1.807) is 13.4 Å². The number of nitrogens with one attached hydrogen (secondary N) is 1. The average molecular weight is 245 g/mol. The number of hydrogen-bond acceptors (Lipinski definition) is 3. The van der Waals surface area contributed by atoms with Gasteiger partial charge in [0.25, 0.3) is 0 Å². The van der Waals surface area contributed by atoms with E-state index in [0.717, 1.165) is 11.5 Å². The molecule has 0 spiro atoms. The van der Waals surface area contributed by atoms with Crippen LogP contribution >= 0.6 is 0 Å². The molecule has 3 nitrogen and oxygen atoms in total. The second kappa shape index (κ2) is 5.74. The van der Waals surface area contributed by atoms with Gasteiger partial charge in [-0.3, -0.25) is 0 Å². The van der Waals surface area contributed by atoms with Crippen LogP contribution in [0.5, 0.6) is 5.75 Å². The van der Waals surface area contributed by atoms with Crippen LogP contribution < -0.4 is 10.1 Å². The average Bonchev–Trinajstić information content (AvgIpc) is 2.92. The smallest absolute Gasteiger partial charge is 0.120 e. The Morgan fingerprint density at radius 1 is 1.06 bits per heavy atom. The lowest BCUT2D eigenvalue weighted by molar-refractivity contribution is 0.401. The van der Waals surface area contributed by atoms with Crippen LogP contribution in [0.4, 0.5) is 0 Å². The van der Waals surface area contributed by atoms with E-state index in [1.165, 1.54) is 5.56 Å². The van der Waals surface area contributed by atoms with Gasteiger partial charge >= 0.3 is 0 Å². The fourth-order valence-corrected chi connectivity index (χ4v) is 1.98. The summed E-state index contributed by atoms with van der Waals surface area (Å²) in [4.78, 5) is 0. The third kappa shape index (κ3) is 2.93. The van der Waals surface area contributed by atoms with Gasteiger partial charge in [-0.15, -0.1) is 0 Å². The maximum absolute atomic E-state index is 5.39. The van der Waals surface area contributed by atoms with Crippen LogP contribution in [0.25, 0.3) is 0 Å². The van der Waals surface area contributed by atoms with Crippen LogP contribution in [0.2, 0.25) is 0 Å². The molecule has 0 bridgehead atoms. The molecular weight excluding hydrogens is 226 g/mol. The van der Waals surface area contributed by atoms with Crippen molar-refractivity contribution in [1.82, 2.24) is 5.32 Å². The molecule has 0 amide bonds. The Balaban J connectivity index is 2.00. The van der Waals surface area contributed by atoms with E-state index < -0.39 is 0 Å². The highest BCUT2D eigenvalue weighted by molar-refractivity contribution is 5.29. The summed E-state index contributed by atoms with van der Waals surface area (Å²) < 4.78 is 10.5. The summed E-state index contributed by atoms with van der Waals surface area (Å²) in [5, 5.41) is 3.50. The molecule has 3 heteroatoms. The van der Waals surface area contributed by atoms with Gasteiger partial charge in [-0.05, 0) is 43.7 Å². The van der Waals surface area contributed by atoms with Crippen molar-refractivity contribution in [3.63, 3.8) is 0 Å². The first-order valence-electron chi connectivity index (χ1n) is 6.14. The molecule has 1 aromatic heterocycles.